The van der Waals surface area contributed by atoms with Crippen molar-refractivity contribution in [3.05, 3.63) is 64.7 Å². The van der Waals surface area contributed by atoms with Crippen LogP contribution < -0.4 is 0 Å². The highest BCUT2D eigenvalue weighted by atomic mass is 35.5. The Balaban J connectivity index is 2.09. The van der Waals surface area contributed by atoms with E-state index in [4.69, 9.17) is 11.6 Å². The van der Waals surface area contributed by atoms with Crippen molar-refractivity contribution in [3.8, 4) is 0 Å². The van der Waals surface area contributed by atoms with Crippen LogP contribution in [0.25, 0.3) is 0 Å². The van der Waals surface area contributed by atoms with Gasteiger partial charge in [-0.3, -0.25) is 4.90 Å². The Labute approximate surface area is 117 Å². The van der Waals surface area contributed by atoms with Crippen LogP contribution in [0.4, 0.5) is 4.39 Å². The molecule has 19 heavy (non-hydrogen) atoms. The van der Waals surface area contributed by atoms with Crippen molar-refractivity contribution in [3.63, 3.8) is 0 Å². The van der Waals surface area contributed by atoms with E-state index in [2.05, 4.69) is 9.88 Å². The zero-order valence-corrected chi connectivity index (χ0v) is 11.7. The second kappa shape index (κ2) is 6.13. The summed E-state index contributed by atoms with van der Waals surface area (Å²) in [6.07, 6.45) is 1.74. The molecule has 0 radical (unpaired) electrons. The average molecular weight is 279 g/mol. The molecule has 0 aliphatic carbocycles. The fraction of sp³-hybridized carbons (Fsp3) is 0.267. The first-order valence-electron chi connectivity index (χ1n) is 6.13. The fourth-order valence-corrected chi connectivity index (χ4v) is 2.09. The highest BCUT2D eigenvalue weighted by Gasteiger charge is 2.15. The van der Waals surface area contributed by atoms with E-state index in [0.29, 0.717) is 17.3 Å². The van der Waals surface area contributed by atoms with E-state index < -0.39 is 0 Å². The minimum atomic E-state index is -0.170. The van der Waals surface area contributed by atoms with Crippen LogP contribution in [0.15, 0.2) is 42.6 Å². The normalized spacial score (nSPS) is 12.7. The monoisotopic (exact) mass is 278 g/mol. The zero-order valence-electron chi connectivity index (χ0n) is 11.0. The topological polar surface area (TPSA) is 16.1 Å². The summed E-state index contributed by atoms with van der Waals surface area (Å²) < 4.78 is 13.7. The predicted molar refractivity (Wildman–Crippen MR) is 75.5 cm³/mol. The van der Waals surface area contributed by atoms with Crippen molar-refractivity contribution < 1.29 is 4.39 Å². The molecule has 0 saturated carbocycles. The molecule has 0 spiro atoms. The summed E-state index contributed by atoms with van der Waals surface area (Å²) in [4.78, 5) is 6.12. The third-order valence-corrected chi connectivity index (χ3v) is 3.46. The quantitative estimate of drug-likeness (QED) is 0.784. The maximum absolute atomic E-state index is 13.7. The van der Waals surface area contributed by atoms with Gasteiger partial charge in [-0.05, 0) is 31.7 Å². The molecule has 1 unspecified atom stereocenters. The number of aromatic nitrogens is 1. The van der Waals surface area contributed by atoms with Gasteiger partial charge in [0.2, 0.25) is 0 Å². The summed E-state index contributed by atoms with van der Waals surface area (Å²) in [7, 11) is 1.96. The number of nitrogens with zero attached hydrogens (tertiary/aromatic N) is 2. The van der Waals surface area contributed by atoms with Gasteiger partial charge in [-0.25, -0.2) is 9.37 Å². The first-order chi connectivity index (χ1) is 9.08. The lowest BCUT2D eigenvalue weighted by atomic mass is 10.1. The van der Waals surface area contributed by atoms with Crippen LogP contribution in [0.2, 0.25) is 5.15 Å². The molecule has 0 amide bonds. The average Bonchev–Trinajstić information content (AvgIpc) is 2.41. The summed E-state index contributed by atoms with van der Waals surface area (Å²) in [5.41, 5.74) is 1.75. The minimum absolute atomic E-state index is 0.00289. The maximum atomic E-state index is 13.7. The van der Waals surface area contributed by atoms with Gasteiger partial charge < -0.3 is 0 Å². The molecular weight excluding hydrogens is 263 g/mol. The Bertz CT molecular complexity index is 542. The molecule has 100 valence electrons. The maximum Gasteiger partial charge on any atom is 0.129 e. The van der Waals surface area contributed by atoms with Crippen LogP contribution >= 0.6 is 11.6 Å². The minimum Gasteiger partial charge on any atom is -0.295 e. The summed E-state index contributed by atoms with van der Waals surface area (Å²) in [6, 6.07) is 10.6. The van der Waals surface area contributed by atoms with Crippen molar-refractivity contribution in [2.75, 3.05) is 7.05 Å². The van der Waals surface area contributed by atoms with Crippen molar-refractivity contribution in [2.24, 2.45) is 0 Å². The third-order valence-electron chi connectivity index (χ3n) is 3.24. The summed E-state index contributed by atoms with van der Waals surface area (Å²) in [5.74, 6) is -0.170. The molecule has 0 fully saturated rings. The van der Waals surface area contributed by atoms with Gasteiger partial charge in [-0.2, -0.15) is 0 Å². The first kappa shape index (κ1) is 14.0. The summed E-state index contributed by atoms with van der Waals surface area (Å²) in [6.45, 7) is 2.68. The van der Waals surface area contributed by atoms with Crippen LogP contribution in [0.1, 0.15) is 24.1 Å². The molecule has 0 aliphatic heterocycles. The molecule has 1 aromatic carbocycles. The van der Waals surface area contributed by atoms with Crippen LogP contribution in [0.3, 0.4) is 0 Å². The van der Waals surface area contributed by atoms with Gasteiger partial charge >= 0.3 is 0 Å². The van der Waals surface area contributed by atoms with Crippen LogP contribution in [-0.4, -0.2) is 16.9 Å². The molecule has 0 N–H and O–H groups in total. The van der Waals surface area contributed by atoms with Crippen LogP contribution in [0.5, 0.6) is 0 Å². The second-order valence-electron chi connectivity index (χ2n) is 4.60. The molecule has 2 nitrogen and oxygen atoms in total. The molecule has 0 bridgehead atoms. The molecule has 1 atom stereocenters. The van der Waals surface area contributed by atoms with Crippen molar-refractivity contribution >= 4 is 11.6 Å². The highest BCUT2D eigenvalue weighted by molar-refractivity contribution is 6.29. The standard InChI is InChI=1S/C15H16ClFN2/c1-11(13-5-3-4-6-14(13)17)19(2)10-12-7-8-15(16)18-9-12/h3-9,11H,10H2,1-2H3. The van der Waals surface area contributed by atoms with Gasteiger partial charge in [0.05, 0.1) is 0 Å². The van der Waals surface area contributed by atoms with E-state index in [-0.39, 0.29) is 11.9 Å². The van der Waals surface area contributed by atoms with E-state index in [0.717, 1.165) is 5.56 Å². The fourth-order valence-electron chi connectivity index (χ4n) is 1.98. The number of hydrogen-bond donors (Lipinski definition) is 0. The zero-order chi connectivity index (χ0) is 13.8. The Morgan fingerprint density at radius 1 is 1.26 bits per heavy atom. The van der Waals surface area contributed by atoms with Crippen LogP contribution in [-0.2, 0) is 6.54 Å². The van der Waals surface area contributed by atoms with Gasteiger partial charge in [0.15, 0.2) is 0 Å². The lowest BCUT2D eigenvalue weighted by Gasteiger charge is -2.25. The molecule has 0 aliphatic rings. The largest absolute Gasteiger partial charge is 0.295 e. The van der Waals surface area contributed by atoms with E-state index in [1.807, 2.05) is 32.2 Å². The number of rotatable bonds is 4. The molecular formula is C15H16ClFN2. The Morgan fingerprint density at radius 2 is 2.00 bits per heavy atom. The van der Waals surface area contributed by atoms with Crippen molar-refractivity contribution in [1.29, 1.82) is 0 Å². The smallest absolute Gasteiger partial charge is 0.129 e. The highest BCUT2D eigenvalue weighted by Crippen LogP contribution is 2.23. The lowest BCUT2D eigenvalue weighted by molar-refractivity contribution is 0.247. The number of halogens is 2. The van der Waals surface area contributed by atoms with Gasteiger partial charge in [-0.15, -0.1) is 0 Å². The molecule has 2 aromatic rings. The van der Waals surface area contributed by atoms with E-state index in [1.165, 1.54) is 6.07 Å². The predicted octanol–water partition coefficient (Wildman–Crippen LogP) is 4.07. The molecule has 1 aromatic heterocycles. The molecule has 1 heterocycles. The summed E-state index contributed by atoms with van der Waals surface area (Å²) >= 11 is 5.75. The van der Waals surface area contributed by atoms with Crippen molar-refractivity contribution in [2.45, 2.75) is 19.5 Å². The van der Waals surface area contributed by atoms with Crippen LogP contribution in [0, 0.1) is 5.82 Å². The molecule has 4 heteroatoms. The van der Waals surface area contributed by atoms with E-state index in [1.54, 1.807) is 18.3 Å². The van der Waals surface area contributed by atoms with Gasteiger partial charge in [0.25, 0.3) is 0 Å². The summed E-state index contributed by atoms with van der Waals surface area (Å²) in [5, 5.41) is 0.480. The van der Waals surface area contributed by atoms with Gasteiger partial charge in [-0.1, -0.05) is 35.9 Å². The Morgan fingerprint density at radius 3 is 2.63 bits per heavy atom. The number of hydrogen-bond acceptors (Lipinski definition) is 2. The van der Waals surface area contributed by atoms with Gasteiger partial charge in [0, 0.05) is 24.3 Å². The Kier molecular flexibility index (Phi) is 4.51. The van der Waals surface area contributed by atoms with Crippen molar-refractivity contribution in [1.82, 2.24) is 9.88 Å². The number of pyridine rings is 1. The lowest BCUT2D eigenvalue weighted by Crippen LogP contribution is -2.22. The van der Waals surface area contributed by atoms with Gasteiger partial charge in [0.1, 0.15) is 11.0 Å². The third kappa shape index (κ3) is 3.52. The Hall–Kier alpha value is -1.45. The SMILES string of the molecule is CC(c1ccccc1F)N(C)Cc1ccc(Cl)nc1. The van der Waals surface area contributed by atoms with E-state index in [9.17, 15) is 4.39 Å². The molecule has 2 rings (SSSR count). The number of benzene rings is 1. The second-order valence-corrected chi connectivity index (χ2v) is 4.99. The first-order valence-corrected chi connectivity index (χ1v) is 6.51. The molecule has 0 saturated heterocycles. The van der Waals surface area contributed by atoms with E-state index >= 15 is 0 Å².